The van der Waals surface area contributed by atoms with Gasteiger partial charge in [0.2, 0.25) is 5.62 Å². The predicted octanol–water partition coefficient (Wildman–Crippen LogP) is 3.81. The first-order valence-corrected chi connectivity index (χ1v) is 9.93. The van der Waals surface area contributed by atoms with Gasteiger partial charge in [0.1, 0.15) is 0 Å². The Morgan fingerprint density at radius 1 is 1.50 bits per heavy atom. The number of aliphatic imine (C=N–C) groups is 1. The minimum absolute atomic E-state index is 0.467. The van der Waals surface area contributed by atoms with Crippen LogP contribution in [0.25, 0.3) is 0 Å². The fourth-order valence-corrected chi connectivity index (χ4v) is 6.78. The summed E-state index contributed by atoms with van der Waals surface area (Å²) in [7, 11) is 0. The van der Waals surface area contributed by atoms with Crippen LogP contribution in [0.15, 0.2) is 4.99 Å². The van der Waals surface area contributed by atoms with Crippen LogP contribution in [0.1, 0.15) is 40.5 Å². The molecule has 1 N–H and O–H groups in total. The van der Waals surface area contributed by atoms with E-state index in [-0.39, 0.29) is 0 Å². The summed E-state index contributed by atoms with van der Waals surface area (Å²) in [6, 6.07) is 0. The molecular weight excluding hydrogens is 259 g/mol. The van der Waals surface area contributed by atoms with E-state index in [0.29, 0.717) is 11.9 Å². The van der Waals surface area contributed by atoms with E-state index in [0.717, 1.165) is 19.4 Å². The monoisotopic (exact) mass is 282 g/mol. The second-order valence-electron chi connectivity index (χ2n) is 3.59. The van der Waals surface area contributed by atoms with Crippen LogP contribution >= 0.6 is 17.0 Å². The smallest absolute Gasteiger partial charge is 0.211 e. The molecule has 6 heteroatoms. The highest BCUT2D eigenvalue weighted by molar-refractivity contribution is 8.69. The molecule has 3 nitrogen and oxygen atoms in total. The lowest BCUT2D eigenvalue weighted by Gasteiger charge is -2.22. The molecule has 0 bridgehead atoms. The summed E-state index contributed by atoms with van der Waals surface area (Å²) in [6.45, 7) is 9.88. The van der Waals surface area contributed by atoms with Gasteiger partial charge >= 0.3 is 0 Å². The molecule has 0 saturated heterocycles. The van der Waals surface area contributed by atoms with E-state index in [9.17, 15) is 0 Å². The first kappa shape index (κ1) is 16.4. The van der Waals surface area contributed by atoms with Crippen molar-refractivity contribution in [2.75, 3.05) is 13.2 Å². The maximum absolute atomic E-state index is 5.63. The van der Waals surface area contributed by atoms with Crippen molar-refractivity contribution in [3.8, 4) is 0 Å². The summed E-state index contributed by atoms with van der Waals surface area (Å²) in [5.41, 5.74) is -1.97. The second kappa shape index (κ2) is 9.46. The Balaban J connectivity index is 4.11. The molecule has 0 aliphatic heterocycles. The molecule has 0 aliphatic rings. The molecule has 1 unspecified atom stereocenters. The molecule has 1 atom stereocenters. The molecular formula is C10H23N2OPS2. The molecule has 0 fully saturated rings. The Morgan fingerprint density at radius 3 is 2.69 bits per heavy atom. The topological polar surface area (TPSA) is 33.6 Å². The van der Waals surface area contributed by atoms with Crippen LogP contribution in [0, 0.1) is 0 Å². The van der Waals surface area contributed by atoms with Gasteiger partial charge in [-0.3, -0.25) is 4.99 Å². The molecule has 0 amide bonds. The fourth-order valence-electron chi connectivity index (χ4n) is 0.971. The summed E-state index contributed by atoms with van der Waals surface area (Å²) in [4.78, 5) is 4.27. The average Bonchev–Trinajstić information content (AvgIpc) is 2.16. The van der Waals surface area contributed by atoms with Gasteiger partial charge in [-0.15, -0.1) is 0 Å². The van der Waals surface area contributed by atoms with Crippen molar-refractivity contribution in [3.05, 3.63) is 0 Å². The second-order valence-corrected chi connectivity index (χ2v) is 10.7. The lowest BCUT2D eigenvalue weighted by molar-refractivity contribution is 0.383. The Bertz CT molecular complexity index is 247. The van der Waals surface area contributed by atoms with E-state index in [4.69, 9.17) is 16.3 Å². The zero-order valence-electron chi connectivity index (χ0n) is 10.6. The van der Waals surface area contributed by atoms with Crippen LogP contribution in [0.2, 0.25) is 0 Å². The van der Waals surface area contributed by atoms with Gasteiger partial charge in [-0.25, -0.2) is 0 Å². The third kappa shape index (κ3) is 8.57. The molecule has 96 valence electrons. The zero-order valence-corrected chi connectivity index (χ0v) is 13.1. The summed E-state index contributed by atoms with van der Waals surface area (Å²) >= 11 is 7.20. The van der Waals surface area contributed by atoms with E-state index >= 15 is 0 Å². The Morgan fingerprint density at radius 2 is 2.19 bits per heavy atom. The molecule has 16 heavy (non-hydrogen) atoms. The molecule has 0 aromatic rings. The van der Waals surface area contributed by atoms with Gasteiger partial charge in [0.15, 0.2) is 0 Å². The number of hydrogen-bond donors (Lipinski definition) is 1. The van der Waals surface area contributed by atoms with Crippen molar-refractivity contribution in [1.82, 2.24) is 5.09 Å². The van der Waals surface area contributed by atoms with Gasteiger partial charge in [0.25, 0.3) is 0 Å². The molecule has 0 heterocycles. The van der Waals surface area contributed by atoms with Crippen molar-refractivity contribution in [3.63, 3.8) is 0 Å². The van der Waals surface area contributed by atoms with Crippen LogP contribution < -0.4 is 5.09 Å². The average molecular weight is 282 g/mol. The SMILES string of the molecule is CCCCN=CNP(=S)(OCC)SC(C)C. The molecule has 0 saturated carbocycles. The Hall–Kier alpha value is 0.430. The van der Waals surface area contributed by atoms with Crippen molar-refractivity contribution in [2.45, 2.75) is 45.8 Å². The Kier molecular flexibility index (Phi) is 9.71. The van der Waals surface area contributed by atoms with E-state index in [1.807, 2.05) is 6.92 Å². The summed E-state index contributed by atoms with van der Waals surface area (Å²) in [5.74, 6) is 0. The third-order valence-corrected chi connectivity index (χ3v) is 7.46. The van der Waals surface area contributed by atoms with Gasteiger partial charge in [-0.2, -0.15) is 0 Å². The predicted molar refractivity (Wildman–Crippen MR) is 80.0 cm³/mol. The Labute approximate surface area is 109 Å². The highest BCUT2D eigenvalue weighted by Gasteiger charge is 2.18. The van der Waals surface area contributed by atoms with Crippen LogP contribution in [-0.4, -0.2) is 24.7 Å². The molecule has 0 aromatic heterocycles. The number of nitrogens with one attached hydrogen (secondary N) is 1. The molecule has 0 aliphatic carbocycles. The van der Waals surface area contributed by atoms with Crippen molar-refractivity contribution < 1.29 is 4.52 Å². The molecule has 0 spiro atoms. The van der Waals surface area contributed by atoms with Crippen LogP contribution in [0.4, 0.5) is 0 Å². The maximum Gasteiger partial charge on any atom is 0.211 e. The highest BCUT2D eigenvalue weighted by Crippen LogP contribution is 2.57. The lowest BCUT2D eigenvalue weighted by Crippen LogP contribution is -2.10. The molecule has 0 aromatic carbocycles. The molecule has 0 radical (unpaired) electrons. The van der Waals surface area contributed by atoms with E-state index in [2.05, 4.69) is 30.9 Å². The van der Waals surface area contributed by atoms with Gasteiger partial charge < -0.3 is 9.61 Å². The quantitative estimate of drug-likeness (QED) is 0.302. The summed E-state index contributed by atoms with van der Waals surface area (Å²) in [6.07, 6.45) is 4.01. The van der Waals surface area contributed by atoms with Crippen LogP contribution in [0.3, 0.4) is 0 Å². The number of nitrogens with zero attached hydrogens (tertiary/aromatic N) is 1. The van der Waals surface area contributed by atoms with E-state index in [1.54, 1.807) is 17.7 Å². The number of hydrogen-bond acceptors (Lipinski definition) is 4. The van der Waals surface area contributed by atoms with Gasteiger partial charge in [-0.1, -0.05) is 38.6 Å². The first-order valence-electron chi connectivity index (χ1n) is 5.73. The van der Waals surface area contributed by atoms with E-state index < -0.39 is 5.62 Å². The summed E-state index contributed by atoms with van der Waals surface area (Å²) in [5, 5.41) is 3.63. The van der Waals surface area contributed by atoms with Crippen molar-refractivity contribution in [2.24, 2.45) is 4.99 Å². The van der Waals surface area contributed by atoms with Gasteiger partial charge in [-0.05, 0) is 25.2 Å². The largest absolute Gasteiger partial charge is 0.327 e. The summed E-state index contributed by atoms with van der Waals surface area (Å²) < 4.78 is 5.63. The minimum Gasteiger partial charge on any atom is -0.327 e. The van der Waals surface area contributed by atoms with Crippen molar-refractivity contribution in [1.29, 1.82) is 0 Å². The minimum atomic E-state index is -1.97. The number of unbranched alkanes of at least 4 members (excludes halogenated alkanes) is 1. The van der Waals surface area contributed by atoms with Crippen LogP contribution in [-0.2, 0) is 16.3 Å². The fraction of sp³-hybridized carbons (Fsp3) is 0.900. The lowest BCUT2D eigenvalue weighted by atomic mass is 10.3. The van der Waals surface area contributed by atoms with Crippen molar-refractivity contribution >= 4 is 35.1 Å². The number of rotatable bonds is 9. The zero-order chi connectivity index (χ0) is 12.4. The maximum atomic E-state index is 5.63. The first-order chi connectivity index (χ1) is 7.54. The van der Waals surface area contributed by atoms with Gasteiger partial charge in [0.05, 0.1) is 12.9 Å². The molecule has 0 rings (SSSR count). The normalized spacial score (nSPS) is 15.6. The van der Waals surface area contributed by atoms with Gasteiger partial charge in [0, 0.05) is 11.8 Å². The van der Waals surface area contributed by atoms with Crippen LogP contribution in [0.5, 0.6) is 0 Å². The third-order valence-electron chi connectivity index (χ3n) is 1.60. The standard InChI is InChI=1S/C10H23N2OPS2/c1-5-7-8-11-9-12-14(15,13-6-2)16-10(3)4/h9-10H,5-8H2,1-4H3,(H,11,12,15). The highest BCUT2D eigenvalue weighted by atomic mass is 32.9. The van der Waals surface area contributed by atoms with E-state index in [1.165, 1.54) is 0 Å².